The molecular weight excluding hydrogens is 238 g/mol. The normalized spacial score (nSPS) is 16.3. The average Bonchev–Trinajstić information content (AvgIpc) is 3.04. The quantitative estimate of drug-likeness (QED) is 0.773. The molecule has 1 aliphatic rings. The molecule has 0 unspecified atom stereocenters. The topological polar surface area (TPSA) is 30.3 Å². The summed E-state index contributed by atoms with van der Waals surface area (Å²) >= 11 is 0. The first kappa shape index (κ1) is 12.5. The lowest BCUT2D eigenvalue weighted by Gasteiger charge is -2.13. The van der Waals surface area contributed by atoms with E-state index in [1.165, 1.54) is 25.9 Å². The van der Waals surface area contributed by atoms with E-state index in [4.69, 9.17) is 4.74 Å². The second-order valence-corrected chi connectivity index (χ2v) is 5.20. The molecule has 102 valence electrons. The summed E-state index contributed by atoms with van der Waals surface area (Å²) in [4.78, 5) is 2.51. The van der Waals surface area contributed by atoms with Crippen molar-refractivity contribution < 1.29 is 4.74 Å². The monoisotopic (exact) mass is 259 g/mol. The fourth-order valence-electron chi connectivity index (χ4n) is 2.75. The number of para-hydroxylation sites is 1. The summed E-state index contributed by atoms with van der Waals surface area (Å²) in [7, 11) is 1.96. The molecule has 0 atom stereocenters. The molecule has 0 N–H and O–H groups in total. The number of rotatable bonds is 5. The van der Waals surface area contributed by atoms with Crippen LogP contribution >= 0.6 is 0 Å². The zero-order valence-electron chi connectivity index (χ0n) is 11.5. The highest BCUT2D eigenvalue weighted by molar-refractivity contribution is 5.84. The van der Waals surface area contributed by atoms with Gasteiger partial charge < -0.3 is 9.64 Å². The van der Waals surface area contributed by atoms with Crippen molar-refractivity contribution in [3.63, 3.8) is 0 Å². The van der Waals surface area contributed by atoms with Crippen molar-refractivity contribution in [2.24, 2.45) is 7.05 Å². The Morgan fingerprint density at radius 1 is 1.21 bits per heavy atom. The van der Waals surface area contributed by atoms with Crippen molar-refractivity contribution in [3.8, 4) is 5.88 Å². The zero-order valence-corrected chi connectivity index (χ0v) is 11.5. The van der Waals surface area contributed by atoms with Gasteiger partial charge in [-0.1, -0.05) is 12.1 Å². The first-order chi connectivity index (χ1) is 9.34. The summed E-state index contributed by atoms with van der Waals surface area (Å²) in [6.45, 7) is 4.40. The van der Waals surface area contributed by atoms with Crippen LogP contribution in [-0.4, -0.2) is 40.9 Å². The summed E-state index contributed by atoms with van der Waals surface area (Å²) in [5.74, 6) is 0.763. The van der Waals surface area contributed by atoms with Crippen molar-refractivity contribution in [3.05, 3.63) is 24.3 Å². The lowest BCUT2D eigenvalue weighted by molar-refractivity contribution is 0.257. The Bertz CT molecular complexity index is 543. The van der Waals surface area contributed by atoms with Crippen LogP contribution in [0.1, 0.15) is 19.3 Å². The predicted molar refractivity (Wildman–Crippen MR) is 76.5 cm³/mol. The zero-order chi connectivity index (χ0) is 13.1. The number of aromatic nitrogens is 2. The number of hydrogen-bond acceptors (Lipinski definition) is 3. The molecule has 2 heterocycles. The molecule has 1 aliphatic heterocycles. The maximum Gasteiger partial charge on any atom is 0.240 e. The molecule has 19 heavy (non-hydrogen) atoms. The molecule has 1 aromatic heterocycles. The van der Waals surface area contributed by atoms with E-state index in [2.05, 4.69) is 22.1 Å². The first-order valence-corrected chi connectivity index (χ1v) is 7.11. The Morgan fingerprint density at radius 3 is 2.84 bits per heavy atom. The van der Waals surface area contributed by atoms with Crippen molar-refractivity contribution in [2.75, 3.05) is 26.2 Å². The van der Waals surface area contributed by atoms with E-state index in [9.17, 15) is 0 Å². The lowest BCUT2D eigenvalue weighted by Crippen LogP contribution is -2.21. The Morgan fingerprint density at radius 2 is 2.00 bits per heavy atom. The molecule has 0 spiro atoms. The van der Waals surface area contributed by atoms with Gasteiger partial charge in [0.1, 0.15) is 0 Å². The first-order valence-electron chi connectivity index (χ1n) is 7.11. The van der Waals surface area contributed by atoms with E-state index >= 15 is 0 Å². The minimum Gasteiger partial charge on any atom is -0.476 e. The molecule has 1 saturated heterocycles. The number of ether oxygens (including phenoxy) is 1. The Labute approximate surface area is 114 Å². The van der Waals surface area contributed by atoms with Crippen LogP contribution in [0, 0.1) is 0 Å². The van der Waals surface area contributed by atoms with E-state index in [0.717, 1.165) is 36.4 Å². The SMILES string of the molecule is Cn1nc(OCCCN2CCCC2)c2ccccc21. The van der Waals surface area contributed by atoms with Gasteiger partial charge in [0.15, 0.2) is 0 Å². The van der Waals surface area contributed by atoms with Crippen LogP contribution in [0.4, 0.5) is 0 Å². The number of fused-ring (bicyclic) bond motifs is 1. The summed E-state index contributed by atoms with van der Waals surface area (Å²) in [5.41, 5.74) is 1.12. The van der Waals surface area contributed by atoms with Crippen molar-refractivity contribution >= 4 is 10.9 Å². The predicted octanol–water partition coefficient (Wildman–Crippen LogP) is 2.44. The van der Waals surface area contributed by atoms with E-state index in [1.807, 2.05) is 23.9 Å². The van der Waals surface area contributed by atoms with Crippen molar-refractivity contribution in [2.45, 2.75) is 19.3 Å². The Balaban J connectivity index is 1.56. The Hall–Kier alpha value is -1.55. The van der Waals surface area contributed by atoms with Gasteiger partial charge in [-0.05, 0) is 44.5 Å². The van der Waals surface area contributed by atoms with Gasteiger partial charge in [0.05, 0.1) is 17.5 Å². The molecule has 1 aromatic carbocycles. The molecule has 0 amide bonds. The molecule has 3 rings (SSSR count). The van der Waals surface area contributed by atoms with Gasteiger partial charge in [0.2, 0.25) is 5.88 Å². The third-order valence-corrected chi connectivity index (χ3v) is 3.78. The maximum absolute atomic E-state index is 5.84. The van der Waals surface area contributed by atoms with Gasteiger partial charge in [0.25, 0.3) is 0 Å². The number of nitrogens with zero attached hydrogens (tertiary/aromatic N) is 3. The fourth-order valence-corrected chi connectivity index (χ4v) is 2.75. The maximum atomic E-state index is 5.84. The molecule has 0 radical (unpaired) electrons. The smallest absolute Gasteiger partial charge is 0.240 e. The van der Waals surface area contributed by atoms with Crippen LogP contribution in [0.5, 0.6) is 5.88 Å². The van der Waals surface area contributed by atoms with Gasteiger partial charge in [-0.15, -0.1) is 5.10 Å². The summed E-state index contributed by atoms with van der Waals surface area (Å²) in [5, 5.41) is 5.54. The second-order valence-electron chi connectivity index (χ2n) is 5.20. The second kappa shape index (κ2) is 5.61. The number of aryl methyl sites for hydroxylation is 1. The van der Waals surface area contributed by atoms with Gasteiger partial charge in [0, 0.05) is 13.6 Å². The van der Waals surface area contributed by atoms with Gasteiger partial charge in [-0.2, -0.15) is 0 Å². The molecule has 1 fully saturated rings. The van der Waals surface area contributed by atoms with Crippen molar-refractivity contribution in [1.29, 1.82) is 0 Å². The molecule has 2 aromatic rings. The third-order valence-electron chi connectivity index (χ3n) is 3.78. The standard InChI is InChI=1S/C15H21N3O/c1-17-14-8-3-2-7-13(14)15(16-17)19-12-6-11-18-9-4-5-10-18/h2-3,7-8H,4-6,9-12H2,1H3. The Kier molecular flexibility index (Phi) is 3.69. The van der Waals surface area contributed by atoms with Crippen molar-refractivity contribution in [1.82, 2.24) is 14.7 Å². The average molecular weight is 259 g/mol. The van der Waals surface area contributed by atoms with E-state index < -0.39 is 0 Å². The van der Waals surface area contributed by atoms with Gasteiger partial charge >= 0.3 is 0 Å². The molecule has 0 bridgehead atoms. The van der Waals surface area contributed by atoms with Crippen LogP contribution in [-0.2, 0) is 7.05 Å². The number of likely N-dealkylation sites (tertiary alicyclic amines) is 1. The highest BCUT2D eigenvalue weighted by atomic mass is 16.5. The van der Waals surface area contributed by atoms with Crippen LogP contribution in [0.3, 0.4) is 0 Å². The number of hydrogen-bond donors (Lipinski definition) is 0. The van der Waals surface area contributed by atoms with Crippen LogP contribution in [0.15, 0.2) is 24.3 Å². The van der Waals surface area contributed by atoms with E-state index in [1.54, 1.807) is 0 Å². The highest BCUT2D eigenvalue weighted by Crippen LogP contribution is 2.23. The lowest BCUT2D eigenvalue weighted by atomic mass is 10.2. The summed E-state index contributed by atoms with van der Waals surface area (Å²) in [6.07, 6.45) is 3.78. The molecular formula is C15H21N3O. The van der Waals surface area contributed by atoms with Crippen LogP contribution in [0.2, 0.25) is 0 Å². The minimum absolute atomic E-state index is 0.748. The molecule has 4 nitrogen and oxygen atoms in total. The molecule has 4 heteroatoms. The summed E-state index contributed by atoms with van der Waals surface area (Å²) in [6, 6.07) is 8.19. The van der Waals surface area contributed by atoms with E-state index in [0.29, 0.717) is 0 Å². The molecule has 0 saturated carbocycles. The summed E-state index contributed by atoms with van der Waals surface area (Å²) < 4.78 is 7.72. The van der Waals surface area contributed by atoms with Crippen LogP contribution < -0.4 is 4.74 Å². The van der Waals surface area contributed by atoms with Gasteiger partial charge in [-0.3, -0.25) is 4.68 Å². The largest absolute Gasteiger partial charge is 0.476 e. The highest BCUT2D eigenvalue weighted by Gasteiger charge is 2.11. The van der Waals surface area contributed by atoms with Crippen LogP contribution in [0.25, 0.3) is 10.9 Å². The molecule has 0 aliphatic carbocycles. The third kappa shape index (κ3) is 2.73. The van der Waals surface area contributed by atoms with E-state index in [-0.39, 0.29) is 0 Å². The number of benzene rings is 1. The van der Waals surface area contributed by atoms with Gasteiger partial charge in [-0.25, -0.2) is 0 Å². The minimum atomic E-state index is 0.748. The fraction of sp³-hybridized carbons (Fsp3) is 0.533.